The van der Waals surface area contributed by atoms with Crippen molar-refractivity contribution < 1.29 is 24.2 Å². The Morgan fingerprint density at radius 1 is 1.29 bits per heavy atom. The van der Waals surface area contributed by atoms with E-state index >= 15 is 0 Å². The maximum absolute atomic E-state index is 11.4. The Hall–Kier alpha value is -1.30. The Kier molecular flexibility index (Phi) is 5.60. The van der Waals surface area contributed by atoms with Crippen LogP contribution in [0.5, 0.6) is 0 Å². The Labute approximate surface area is 170 Å². The number of hydrogen-bond acceptors (Lipinski definition) is 9. The average molecular weight is 435 g/mol. The lowest BCUT2D eigenvalue weighted by atomic mass is 10.2. The first-order valence-electron chi connectivity index (χ1n) is 9.14. The summed E-state index contributed by atoms with van der Waals surface area (Å²) in [5.74, 6) is -0.707. The molecule has 0 radical (unpaired) electrons. The van der Waals surface area contributed by atoms with Crippen molar-refractivity contribution in [1.82, 2.24) is 9.97 Å². The Morgan fingerprint density at radius 2 is 2.00 bits per heavy atom. The van der Waals surface area contributed by atoms with E-state index in [-0.39, 0.29) is 53.8 Å². The normalized spacial score (nSPS) is 30.7. The van der Waals surface area contributed by atoms with Gasteiger partial charge < -0.3 is 24.6 Å². The molecule has 4 atom stereocenters. The molecule has 1 aromatic heterocycles. The predicted octanol–water partition coefficient (Wildman–Crippen LogP) is 2.31. The predicted molar refractivity (Wildman–Crippen MR) is 98.5 cm³/mol. The van der Waals surface area contributed by atoms with Gasteiger partial charge in [-0.2, -0.15) is 9.97 Å². The zero-order chi connectivity index (χ0) is 19.9. The standard InChI is InChI=1S/C16H20Cl2N4O6/c17-13-10(22(24)25)14(21-15(18)20-13)19-8-7-9(26-6-5-23)12-11(8)27-16(28-12)3-1-2-4-16/h8-9,11-12,23H,1-7H2,(H,19,20,21)/t8-,9+,11+,12-/m1/s1. The number of aliphatic hydroxyl groups is 1. The highest BCUT2D eigenvalue weighted by atomic mass is 35.5. The average Bonchev–Trinajstić information content (AvgIpc) is 3.30. The summed E-state index contributed by atoms with van der Waals surface area (Å²) >= 11 is 11.7. The molecule has 4 rings (SSSR count). The molecule has 0 unspecified atom stereocenters. The van der Waals surface area contributed by atoms with Crippen molar-refractivity contribution in [3.05, 3.63) is 20.6 Å². The molecule has 0 aromatic carbocycles. The molecule has 2 heterocycles. The molecular formula is C16H20Cl2N4O6. The molecule has 1 aromatic rings. The van der Waals surface area contributed by atoms with Gasteiger partial charge in [-0.3, -0.25) is 10.1 Å². The van der Waals surface area contributed by atoms with Crippen molar-refractivity contribution in [2.75, 3.05) is 18.5 Å². The summed E-state index contributed by atoms with van der Waals surface area (Å²) in [6.45, 7) is 0.0584. The lowest BCUT2D eigenvalue weighted by Crippen LogP contribution is -2.35. The highest BCUT2D eigenvalue weighted by Crippen LogP contribution is 2.48. The van der Waals surface area contributed by atoms with E-state index in [0.29, 0.717) is 6.42 Å². The largest absolute Gasteiger partial charge is 0.394 e. The van der Waals surface area contributed by atoms with E-state index in [2.05, 4.69) is 15.3 Å². The Balaban J connectivity index is 1.60. The molecule has 1 spiro atoms. The first-order valence-corrected chi connectivity index (χ1v) is 9.90. The van der Waals surface area contributed by atoms with Crippen LogP contribution in [0.25, 0.3) is 0 Å². The third-order valence-electron chi connectivity index (χ3n) is 5.38. The van der Waals surface area contributed by atoms with E-state index in [1.54, 1.807) is 0 Å². The summed E-state index contributed by atoms with van der Waals surface area (Å²) in [6, 6.07) is -0.366. The van der Waals surface area contributed by atoms with Crippen molar-refractivity contribution in [2.45, 2.75) is 62.2 Å². The van der Waals surface area contributed by atoms with E-state index in [1.807, 2.05) is 0 Å². The van der Waals surface area contributed by atoms with Gasteiger partial charge in [-0.05, 0) is 30.9 Å². The van der Waals surface area contributed by atoms with Crippen LogP contribution in [-0.2, 0) is 14.2 Å². The van der Waals surface area contributed by atoms with Gasteiger partial charge in [0.05, 0.1) is 30.3 Å². The maximum Gasteiger partial charge on any atom is 0.348 e. The van der Waals surface area contributed by atoms with Crippen molar-refractivity contribution in [2.24, 2.45) is 0 Å². The van der Waals surface area contributed by atoms with Gasteiger partial charge in [0, 0.05) is 12.8 Å². The maximum atomic E-state index is 11.4. The van der Waals surface area contributed by atoms with Crippen LogP contribution in [0.4, 0.5) is 11.5 Å². The molecule has 3 aliphatic rings. The van der Waals surface area contributed by atoms with Gasteiger partial charge in [0.1, 0.15) is 12.2 Å². The number of anilines is 1. The number of aromatic nitrogens is 2. The number of ether oxygens (including phenoxy) is 3. The molecule has 1 aliphatic heterocycles. The van der Waals surface area contributed by atoms with Crippen LogP contribution in [0, 0.1) is 10.1 Å². The number of rotatable bonds is 6. The highest BCUT2D eigenvalue weighted by molar-refractivity contribution is 6.33. The van der Waals surface area contributed by atoms with Crippen LogP contribution in [0.15, 0.2) is 0 Å². The van der Waals surface area contributed by atoms with E-state index < -0.39 is 16.4 Å². The number of aliphatic hydroxyl groups excluding tert-OH is 1. The van der Waals surface area contributed by atoms with Crippen molar-refractivity contribution in [1.29, 1.82) is 0 Å². The Bertz CT molecular complexity index is 763. The minimum absolute atomic E-state index is 0.0717. The quantitative estimate of drug-likeness (QED) is 0.299. The van der Waals surface area contributed by atoms with E-state index in [0.717, 1.165) is 25.7 Å². The zero-order valence-electron chi connectivity index (χ0n) is 14.8. The first kappa shape index (κ1) is 20.0. The number of nitro groups is 1. The molecule has 0 bridgehead atoms. The monoisotopic (exact) mass is 434 g/mol. The second-order valence-electron chi connectivity index (χ2n) is 7.14. The van der Waals surface area contributed by atoms with Crippen LogP contribution < -0.4 is 5.32 Å². The summed E-state index contributed by atoms with van der Waals surface area (Å²) < 4.78 is 18.3. The van der Waals surface area contributed by atoms with Gasteiger partial charge in [-0.1, -0.05) is 11.6 Å². The van der Waals surface area contributed by atoms with Crippen LogP contribution in [0.1, 0.15) is 32.1 Å². The number of nitrogens with one attached hydrogen (secondary N) is 1. The molecule has 1 saturated heterocycles. The molecular weight excluding hydrogens is 415 g/mol. The van der Waals surface area contributed by atoms with Gasteiger partial charge >= 0.3 is 5.69 Å². The topological polar surface area (TPSA) is 129 Å². The number of fused-ring (bicyclic) bond motifs is 1. The van der Waals surface area contributed by atoms with Crippen LogP contribution in [0.3, 0.4) is 0 Å². The summed E-state index contributed by atoms with van der Waals surface area (Å²) in [6.07, 6.45) is 3.05. The van der Waals surface area contributed by atoms with Crippen LogP contribution in [0.2, 0.25) is 10.4 Å². The molecule has 0 amide bonds. The number of halogens is 2. The molecule has 10 nitrogen and oxygen atoms in total. The molecule has 3 fully saturated rings. The number of hydrogen-bond donors (Lipinski definition) is 2. The molecule has 28 heavy (non-hydrogen) atoms. The van der Waals surface area contributed by atoms with Crippen molar-refractivity contribution >= 4 is 34.7 Å². The molecule has 2 N–H and O–H groups in total. The summed E-state index contributed by atoms with van der Waals surface area (Å²) in [5, 5.41) is 23.0. The molecule has 154 valence electrons. The summed E-state index contributed by atoms with van der Waals surface area (Å²) in [5.41, 5.74) is -0.447. The first-order chi connectivity index (χ1) is 13.4. The summed E-state index contributed by atoms with van der Waals surface area (Å²) in [7, 11) is 0. The van der Waals surface area contributed by atoms with E-state index in [9.17, 15) is 10.1 Å². The smallest absolute Gasteiger partial charge is 0.348 e. The molecule has 2 saturated carbocycles. The van der Waals surface area contributed by atoms with Gasteiger partial charge in [0.15, 0.2) is 5.79 Å². The third kappa shape index (κ3) is 3.64. The molecule has 12 heteroatoms. The van der Waals surface area contributed by atoms with E-state index in [4.69, 9.17) is 42.5 Å². The SMILES string of the molecule is O=[N+]([O-])c1c(Cl)nc(Cl)nc1N[C@@H]1C[C@H](OCCO)[C@H]2OC3(CCCC3)O[C@H]21. The summed E-state index contributed by atoms with van der Waals surface area (Å²) in [4.78, 5) is 18.3. The lowest BCUT2D eigenvalue weighted by molar-refractivity contribution is -0.384. The van der Waals surface area contributed by atoms with Crippen LogP contribution in [-0.4, -0.2) is 63.4 Å². The fourth-order valence-electron chi connectivity index (χ4n) is 4.27. The lowest BCUT2D eigenvalue weighted by Gasteiger charge is -2.27. The fraction of sp³-hybridized carbons (Fsp3) is 0.750. The van der Waals surface area contributed by atoms with E-state index in [1.165, 1.54) is 0 Å². The van der Waals surface area contributed by atoms with Crippen molar-refractivity contribution in [3.63, 3.8) is 0 Å². The van der Waals surface area contributed by atoms with Gasteiger partial charge in [0.2, 0.25) is 16.3 Å². The third-order valence-corrected chi connectivity index (χ3v) is 5.81. The van der Waals surface area contributed by atoms with Gasteiger partial charge in [-0.25, -0.2) is 0 Å². The second kappa shape index (κ2) is 7.85. The molecule has 2 aliphatic carbocycles. The highest BCUT2D eigenvalue weighted by Gasteiger charge is 2.58. The van der Waals surface area contributed by atoms with Crippen molar-refractivity contribution in [3.8, 4) is 0 Å². The minimum atomic E-state index is -0.655. The van der Waals surface area contributed by atoms with Gasteiger partial charge in [0.25, 0.3) is 0 Å². The fourth-order valence-corrected chi connectivity index (χ4v) is 4.72. The minimum Gasteiger partial charge on any atom is -0.394 e. The second-order valence-corrected chi connectivity index (χ2v) is 7.84. The zero-order valence-corrected chi connectivity index (χ0v) is 16.4. The van der Waals surface area contributed by atoms with Crippen LogP contribution >= 0.6 is 23.2 Å². The Morgan fingerprint density at radius 3 is 2.68 bits per heavy atom. The number of nitrogens with zero attached hydrogens (tertiary/aromatic N) is 3. The van der Waals surface area contributed by atoms with Gasteiger partial charge in [-0.15, -0.1) is 0 Å².